The fraction of sp³-hybridized carbons (Fsp3) is 0.825. The lowest BCUT2D eigenvalue weighted by molar-refractivity contribution is -0.146. The summed E-state index contributed by atoms with van der Waals surface area (Å²) in [6.45, 7) is 19.2. The van der Waals surface area contributed by atoms with Gasteiger partial charge in [-0.25, -0.2) is 13.2 Å². The molecule has 1 unspecified atom stereocenters. The molecular weight excluding hydrogens is 695 g/mol. The summed E-state index contributed by atoms with van der Waals surface area (Å²) in [5.74, 6) is -2.35. The number of hydrogen-bond donors (Lipinski definition) is 4. The van der Waals surface area contributed by atoms with Crippen molar-refractivity contribution >= 4 is 39.4 Å². The van der Waals surface area contributed by atoms with E-state index in [-0.39, 0.29) is 41.4 Å². The van der Waals surface area contributed by atoms with E-state index >= 15 is 0 Å². The van der Waals surface area contributed by atoms with Gasteiger partial charge in [0.1, 0.15) is 12.1 Å². The number of likely N-dealkylation sites (tertiary alicyclic amines) is 1. The molecule has 53 heavy (non-hydrogen) atoms. The summed E-state index contributed by atoms with van der Waals surface area (Å²) >= 11 is 0. The van der Waals surface area contributed by atoms with Crippen LogP contribution < -0.4 is 21.3 Å². The van der Waals surface area contributed by atoms with Crippen LogP contribution in [-0.4, -0.2) is 90.1 Å². The predicted octanol–water partition coefficient (Wildman–Crippen LogP) is 4.82. The number of carbonyl (C=O) groups is 5. The van der Waals surface area contributed by atoms with E-state index in [1.807, 2.05) is 20.8 Å². The van der Waals surface area contributed by atoms with E-state index in [4.69, 9.17) is 0 Å². The van der Waals surface area contributed by atoms with Crippen molar-refractivity contribution in [2.45, 2.75) is 161 Å². The molecule has 4 aliphatic rings. The Morgan fingerprint density at radius 1 is 0.943 bits per heavy atom. The van der Waals surface area contributed by atoms with E-state index in [1.165, 1.54) is 6.08 Å². The third kappa shape index (κ3) is 9.65. The van der Waals surface area contributed by atoms with Crippen LogP contribution in [0.25, 0.3) is 0 Å². The van der Waals surface area contributed by atoms with Gasteiger partial charge in [-0.05, 0) is 81.5 Å². The molecule has 0 aromatic carbocycles. The zero-order valence-corrected chi connectivity index (χ0v) is 34.4. The number of fused-ring (bicyclic) bond motifs is 1. The number of hydrogen-bond acceptors (Lipinski definition) is 7. The molecule has 3 aliphatic carbocycles. The van der Waals surface area contributed by atoms with Gasteiger partial charge in [-0.15, -0.1) is 6.58 Å². The van der Waals surface area contributed by atoms with Crippen LogP contribution in [0.1, 0.15) is 132 Å². The Hall–Kier alpha value is -2.96. The van der Waals surface area contributed by atoms with Crippen molar-refractivity contribution in [2.75, 3.05) is 18.8 Å². The van der Waals surface area contributed by atoms with Gasteiger partial charge >= 0.3 is 6.03 Å². The molecule has 0 aromatic heterocycles. The highest BCUT2D eigenvalue weighted by Gasteiger charge is 2.70. The molecule has 1 saturated heterocycles. The van der Waals surface area contributed by atoms with Gasteiger partial charge in [0.15, 0.2) is 9.84 Å². The first kappa shape index (κ1) is 42.8. The maximum Gasteiger partial charge on any atom is 0.315 e. The standard InChI is InChI=1S/C40H67N5O7S/c1-10-18-40(19-11-2,25-53(51,52)37(4,5)6)44-36(50)43-32(39(9)20-14-13-15-21-39)35(49)45-24-27-29(38(27,7)8)30(45)33(47)42-28(23-26-16-17-26)31(46)34(48)41-22-12-3/h12,26-30,32H,3,10-11,13-25H2,1-2,4-9H3,(H,41,48)(H,42,47)(H2,43,44,50)/t27-,28?,29-,30-,32+/m0/s1. The Morgan fingerprint density at radius 2 is 1.55 bits per heavy atom. The largest absolute Gasteiger partial charge is 0.346 e. The van der Waals surface area contributed by atoms with Gasteiger partial charge in [0.2, 0.25) is 17.6 Å². The third-order valence-electron chi connectivity index (χ3n) is 12.7. The summed E-state index contributed by atoms with van der Waals surface area (Å²) in [6.07, 6.45) is 10.1. The quantitative estimate of drug-likeness (QED) is 0.115. The zero-order valence-electron chi connectivity index (χ0n) is 33.6. The fourth-order valence-corrected chi connectivity index (χ4v) is 10.6. The first-order valence-electron chi connectivity index (χ1n) is 20.0. The number of carbonyl (C=O) groups excluding carboxylic acids is 5. The van der Waals surface area contributed by atoms with E-state index in [9.17, 15) is 32.4 Å². The average Bonchev–Trinajstić information content (AvgIpc) is 3.92. The first-order chi connectivity index (χ1) is 24.7. The number of nitrogens with one attached hydrogen (secondary N) is 4. The van der Waals surface area contributed by atoms with E-state index in [2.05, 4.69) is 41.7 Å². The number of sulfone groups is 1. The Morgan fingerprint density at radius 3 is 2.08 bits per heavy atom. The number of rotatable bonds is 18. The molecule has 0 radical (unpaired) electrons. The van der Waals surface area contributed by atoms with Crippen LogP contribution in [-0.2, 0) is 29.0 Å². The van der Waals surface area contributed by atoms with Crippen molar-refractivity contribution < 1.29 is 32.4 Å². The van der Waals surface area contributed by atoms with Crippen molar-refractivity contribution in [2.24, 2.45) is 28.6 Å². The number of amides is 5. The number of ketones is 1. The summed E-state index contributed by atoms with van der Waals surface area (Å²) in [7, 11) is -3.61. The second kappa shape index (κ2) is 16.4. The maximum atomic E-state index is 15.0. The lowest BCUT2D eigenvalue weighted by atomic mass is 9.70. The molecule has 0 bridgehead atoms. The molecule has 1 aliphatic heterocycles. The van der Waals surface area contributed by atoms with Crippen LogP contribution in [0.4, 0.5) is 4.79 Å². The summed E-state index contributed by atoms with van der Waals surface area (Å²) in [4.78, 5) is 71.0. The summed E-state index contributed by atoms with van der Waals surface area (Å²) in [5.41, 5.74) is -1.83. The average molecular weight is 762 g/mol. The molecule has 300 valence electrons. The van der Waals surface area contributed by atoms with Crippen LogP contribution in [0.2, 0.25) is 0 Å². The van der Waals surface area contributed by atoms with Crippen molar-refractivity contribution in [3.8, 4) is 0 Å². The van der Waals surface area contributed by atoms with Crippen molar-refractivity contribution in [3.05, 3.63) is 12.7 Å². The monoisotopic (exact) mass is 761 g/mol. The van der Waals surface area contributed by atoms with Crippen LogP contribution in [0.15, 0.2) is 12.7 Å². The lowest BCUT2D eigenvalue weighted by Gasteiger charge is -2.44. The number of nitrogens with zero attached hydrogens (tertiary/aromatic N) is 1. The van der Waals surface area contributed by atoms with Gasteiger partial charge in [0.25, 0.3) is 5.91 Å². The van der Waals surface area contributed by atoms with Crippen LogP contribution in [0.5, 0.6) is 0 Å². The van der Waals surface area contributed by atoms with Crippen LogP contribution in [0, 0.1) is 28.6 Å². The minimum absolute atomic E-state index is 0.0636. The number of urea groups is 1. The topological polar surface area (TPSA) is 171 Å². The van der Waals surface area contributed by atoms with Crippen molar-refractivity contribution in [1.82, 2.24) is 26.2 Å². The van der Waals surface area contributed by atoms with Crippen LogP contribution >= 0.6 is 0 Å². The number of Topliss-reactive ketones (excluding diaryl/α,β-unsaturated/α-hetero) is 1. The third-order valence-corrected chi connectivity index (χ3v) is 15.5. The first-order valence-corrected chi connectivity index (χ1v) is 21.7. The van der Waals surface area contributed by atoms with Crippen molar-refractivity contribution in [1.29, 1.82) is 0 Å². The van der Waals surface area contributed by atoms with E-state index in [0.717, 1.165) is 32.1 Å². The molecule has 0 spiro atoms. The maximum absolute atomic E-state index is 15.0. The highest BCUT2D eigenvalue weighted by molar-refractivity contribution is 7.92. The Kier molecular flexibility index (Phi) is 13.2. The molecule has 4 fully saturated rings. The van der Waals surface area contributed by atoms with Gasteiger partial charge in [-0.2, -0.15) is 0 Å². The second-order valence-electron chi connectivity index (χ2n) is 18.4. The van der Waals surface area contributed by atoms with Gasteiger partial charge in [0.05, 0.1) is 22.1 Å². The molecule has 0 aromatic rings. The molecular formula is C40H67N5O7S. The van der Waals surface area contributed by atoms with Crippen LogP contribution in [0.3, 0.4) is 0 Å². The number of piperidine rings is 1. The molecule has 3 saturated carbocycles. The minimum atomic E-state index is -3.61. The van der Waals surface area contributed by atoms with E-state index in [1.54, 1.807) is 25.7 Å². The Labute approximate surface area is 318 Å². The second-order valence-corrected chi connectivity index (χ2v) is 21.1. The molecule has 12 nitrogen and oxygen atoms in total. The van der Waals surface area contributed by atoms with Gasteiger partial charge in [0, 0.05) is 13.1 Å². The normalized spacial score (nSPS) is 24.6. The smallest absolute Gasteiger partial charge is 0.315 e. The Bertz CT molecular complexity index is 1500. The van der Waals surface area contributed by atoms with Crippen molar-refractivity contribution in [3.63, 3.8) is 0 Å². The molecule has 1 heterocycles. The summed E-state index contributed by atoms with van der Waals surface area (Å²) < 4.78 is 26.1. The zero-order chi connectivity index (χ0) is 39.6. The lowest BCUT2D eigenvalue weighted by Crippen LogP contribution is -2.64. The molecule has 4 rings (SSSR count). The molecule has 4 N–H and O–H groups in total. The molecule has 13 heteroatoms. The summed E-state index contributed by atoms with van der Waals surface area (Å²) in [6, 6.07) is -3.44. The van der Waals surface area contributed by atoms with E-state index < -0.39 is 67.3 Å². The molecule has 5 atom stereocenters. The molecule has 5 amide bonds. The highest BCUT2D eigenvalue weighted by atomic mass is 32.2. The van der Waals surface area contributed by atoms with Gasteiger partial charge < -0.3 is 26.2 Å². The summed E-state index contributed by atoms with van der Waals surface area (Å²) in [5, 5.41) is 11.6. The minimum Gasteiger partial charge on any atom is -0.346 e. The fourth-order valence-electron chi connectivity index (χ4n) is 9.12. The predicted molar refractivity (Wildman–Crippen MR) is 206 cm³/mol. The highest BCUT2D eigenvalue weighted by Crippen LogP contribution is 2.65. The SMILES string of the molecule is C=CCNC(=O)C(=O)C(CC1CC1)NC(=O)[C@@H]1[C@@H]2[C@H](CN1C(=O)[C@@H](NC(=O)NC(CCC)(CCC)CS(=O)(=O)C(C)(C)C)C1(C)CCCCC1)C2(C)C. The Balaban J connectivity index is 1.63. The van der Waals surface area contributed by atoms with Gasteiger partial charge in [-0.1, -0.05) is 85.6 Å². The van der Waals surface area contributed by atoms with E-state index in [0.29, 0.717) is 51.5 Å². The van der Waals surface area contributed by atoms with Gasteiger partial charge in [-0.3, -0.25) is 19.2 Å².